The first-order valence-corrected chi connectivity index (χ1v) is 9.51. The lowest BCUT2D eigenvalue weighted by Crippen LogP contribution is -2.39. The molecule has 7 nitrogen and oxygen atoms in total. The van der Waals surface area contributed by atoms with Crippen LogP contribution in [0, 0.1) is 0 Å². The molecule has 1 amide bonds. The van der Waals surface area contributed by atoms with Gasteiger partial charge in [0.1, 0.15) is 18.1 Å². The third-order valence-corrected chi connectivity index (χ3v) is 5.45. The molecule has 2 aliphatic rings. The van der Waals surface area contributed by atoms with E-state index in [1.165, 1.54) is 11.3 Å². The summed E-state index contributed by atoms with van der Waals surface area (Å²) in [5, 5.41) is 5.89. The van der Waals surface area contributed by atoms with Gasteiger partial charge in [-0.15, -0.1) is 11.3 Å². The maximum absolute atomic E-state index is 13.0. The molecule has 0 unspecified atom stereocenters. The van der Waals surface area contributed by atoms with E-state index < -0.39 is 0 Å². The van der Waals surface area contributed by atoms with Gasteiger partial charge in [0.2, 0.25) is 5.89 Å². The van der Waals surface area contributed by atoms with Gasteiger partial charge in [-0.25, -0.2) is 0 Å². The Balaban J connectivity index is 1.50. The number of likely N-dealkylation sites (tertiary alicyclic amines) is 1. The summed E-state index contributed by atoms with van der Waals surface area (Å²) in [5.74, 6) is 2.92. The normalized spacial score (nSPS) is 20.1. The Morgan fingerprint density at radius 1 is 1.36 bits per heavy atom. The van der Waals surface area contributed by atoms with Crippen molar-refractivity contribution in [1.29, 1.82) is 0 Å². The number of hydrogen-bond acceptors (Lipinski definition) is 7. The van der Waals surface area contributed by atoms with E-state index in [0.717, 1.165) is 25.2 Å². The summed E-state index contributed by atoms with van der Waals surface area (Å²) >= 11 is 1.38. The molecule has 0 N–H and O–H groups in total. The highest BCUT2D eigenvalue weighted by Crippen LogP contribution is 2.40. The van der Waals surface area contributed by atoms with Gasteiger partial charge in [-0.2, -0.15) is 4.98 Å². The van der Waals surface area contributed by atoms with Crippen molar-refractivity contribution in [1.82, 2.24) is 15.0 Å². The number of fused-ring (bicyclic) bond motifs is 1. The summed E-state index contributed by atoms with van der Waals surface area (Å²) in [6.45, 7) is 6.39. The Kier molecular flexibility index (Phi) is 4.37. The predicted octanol–water partition coefficient (Wildman–Crippen LogP) is 3.05. The summed E-state index contributed by atoms with van der Waals surface area (Å²) in [7, 11) is 0. The zero-order chi connectivity index (χ0) is 17.4. The molecule has 1 fully saturated rings. The molecule has 1 saturated heterocycles. The Morgan fingerprint density at radius 2 is 2.20 bits per heavy atom. The lowest BCUT2D eigenvalue weighted by atomic mass is 9.97. The minimum atomic E-state index is -0.00921. The highest BCUT2D eigenvalue weighted by molar-refractivity contribution is 7.12. The van der Waals surface area contributed by atoms with Crippen LogP contribution in [0.25, 0.3) is 0 Å². The van der Waals surface area contributed by atoms with Gasteiger partial charge in [-0.05, 0) is 12.8 Å². The first-order valence-electron chi connectivity index (χ1n) is 8.63. The predicted molar refractivity (Wildman–Crippen MR) is 91.6 cm³/mol. The van der Waals surface area contributed by atoms with Gasteiger partial charge < -0.3 is 18.9 Å². The number of carbonyl (C=O) groups is 1. The number of piperidine rings is 1. The van der Waals surface area contributed by atoms with Crippen molar-refractivity contribution >= 4 is 17.2 Å². The maximum atomic E-state index is 13.0. The Bertz CT molecular complexity index is 770. The zero-order valence-electron chi connectivity index (χ0n) is 14.4. The van der Waals surface area contributed by atoms with E-state index in [9.17, 15) is 4.79 Å². The summed E-state index contributed by atoms with van der Waals surface area (Å²) in [6, 6.07) is 0. The van der Waals surface area contributed by atoms with E-state index in [2.05, 4.69) is 10.1 Å². The fraction of sp³-hybridized carbons (Fsp3) is 0.588. The van der Waals surface area contributed by atoms with Crippen molar-refractivity contribution in [3.8, 4) is 11.5 Å². The minimum Gasteiger partial charge on any atom is -0.485 e. The van der Waals surface area contributed by atoms with Crippen molar-refractivity contribution in [2.75, 3.05) is 26.3 Å². The van der Waals surface area contributed by atoms with Gasteiger partial charge in [0.15, 0.2) is 17.3 Å². The molecule has 0 radical (unpaired) electrons. The van der Waals surface area contributed by atoms with Crippen LogP contribution in [0.15, 0.2) is 9.90 Å². The maximum Gasteiger partial charge on any atom is 0.267 e. The third kappa shape index (κ3) is 3.10. The Labute approximate surface area is 149 Å². The molecule has 0 saturated carbocycles. The minimum absolute atomic E-state index is 0.00921. The molecule has 2 aromatic heterocycles. The second kappa shape index (κ2) is 6.67. The average Bonchev–Trinajstić information content (AvgIpc) is 3.28. The summed E-state index contributed by atoms with van der Waals surface area (Å²) in [6.07, 6.45) is 1.87. The summed E-state index contributed by atoms with van der Waals surface area (Å²) < 4.78 is 16.6. The highest BCUT2D eigenvalue weighted by Gasteiger charge is 2.32. The quantitative estimate of drug-likeness (QED) is 0.834. The van der Waals surface area contributed by atoms with Crippen LogP contribution in [0.5, 0.6) is 11.5 Å². The van der Waals surface area contributed by atoms with Crippen LogP contribution in [0.1, 0.15) is 59.9 Å². The topological polar surface area (TPSA) is 77.7 Å². The average molecular weight is 363 g/mol. The molecular weight excluding hydrogens is 342 g/mol. The summed E-state index contributed by atoms with van der Waals surface area (Å²) in [4.78, 5) is 19.9. The fourth-order valence-corrected chi connectivity index (χ4v) is 4.06. The monoisotopic (exact) mass is 363 g/mol. The van der Waals surface area contributed by atoms with Gasteiger partial charge in [-0.3, -0.25) is 4.79 Å². The van der Waals surface area contributed by atoms with Crippen LogP contribution in [0.4, 0.5) is 0 Å². The largest absolute Gasteiger partial charge is 0.485 e. The van der Waals surface area contributed by atoms with Crippen molar-refractivity contribution in [3.63, 3.8) is 0 Å². The van der Waals surface area contributed by atoms with E-state index in [0.29, 0.717) is 42.0 Å². The van der Waals surface area contributed by atoms with Gasteiger partial charge in [0, 0.05) is 24.4 Å². The molecule has 0 aliphatic carbocycles. The summed E-state index contributed by atoms with van der Waals surface area (Å²) in [5.41, 5.74) is 0. The van der Waals surface area contributed by atoms with Gasteiger partial charge in [0.05, 0.1) is 5.92 Å². The SMILES string of the molecule is CC(C)c1noc([C@H]2CCCN(C(=O)c3scc4c3OCCO4)C2)n1. The molecule has 1 atom stereocenters. The molecule has 0 spiro atoms. The molecule has 0 aromatic carbocycles. The second-order valence-electron chi connectivity index (χ2n) is 6.69. The van der Waals surface area contributed by atoms with Crippen LogP contribution < -0.4 is 9.47 Å². The number of aromatic nitrogens is 2. The fourth-order valence-electron chi connectivity index (χ4n) is 3.16. The van der Waals surface area contributed by atoms with Crippen molar-refractivity contribution < 1.29 is 18.8 Å². The van der Waals surface area contributed by atoms with Gasteiger partial charge in [0.25, 0.3) is 5.91 Å². The smallest absolute Gasteiger partial charge is 0.267 e. The molecule has 2 aromatic rings. The van der Waals surface area contributed by atoms with Crippen molar-refractivity contribution in [3.05, 3.63) is 22.0 Å². The molecule has 0 bridgehead atoms. The number of thiophene rings is 1. The second-order valence-corrected chi connectivity index (χ2v) is 7.57. The number of ether oxygens (including phenoxy) is 2. The molecule has 4 rings (SSSR count). The molecule has 25 heavy (non-hydrogen) atoms. The van der Waals surface area contributed by atoms with E-state index in [1.807, 2.05) is 24.1 Å². The molecule has 134 valence electrons. The highest BCUT2D eigenvalue weighted by atomic mass is 32.1. The number of amides is 1. The molecule has 4 heterocycles. The van der Waals surface area contributed by atoms with Crippen LogP contribution in [-0.2, 0) is 0 Å². The zero-order valence-corrected chi connectivity index (χ0v) is 15.2. The van der Waals surface area contributed by atoms with E-state index in [-0.39, 0.29) is 17.7 Å². The van der Waals surface area contributed by atoms with Crippen LogP contribution in [0.3, 0.4) is 0 Å². The molecular formula is C17H21N3O4S. The van der Waals surface area contributed by atoms with Gasteiger partial charge in [-0.1, -0.05) is 19.0 Å². The number of hydrogen-bond donors (Lipinski definition) is 0. The number of nitrogens with zero attached hydrogens (tertiary/aromatic N) is 3. The van der Waals surface area contributed by atoms with E-state index >= 15 is 0 Å². The first kappa shape index (κ1) is 16.4. The van der Waals surface area contributed by atoms with E-state index in [1.54, 1.807) is 0 Å². The van der Waals surface area contributed by atoms with Gasteiger partial charge >= 0.3 is 0 Å². The lowest BCUT2D eigenvalue weighted by molar-refractivity contribution is 0.0692. The number of rotatable bonds is 3. The third-order valence-electron chi connectivity index (χ3n) is 4.53. The van der Waals surface area contributed by atoms with Crippen molar-refractivity contribution in [2.45, 2.75) is 38.5 Å². The number of carbonyl (C=O) groups excluding carboxylic acids is 1. The Hall–Kier alpha value is -2.09. The van der Waals surface area contributed by atoms with Crippen LogP contribution in [-0.4, -0.2) is 47.3 Å². The van der Waals surface area contributed by atoms with Crippen LogP contribution >= 0.6 is 11.3 Å². The first-order chi connectivity index (χ1) is 12.1. The standard InChI is InChI=1S/C17H21N3O4S/c1-10(2)15-18-16(24-19-15)11-4-3-5-20(8-11)17(21)14-13-12(9-25-14)22-6-7-23-13/h9-11H,3-8H2,1-2H3/t11-/m0/s1. The van der Waals surface area contributed by atoms with E-state index in [4.69, 9.17) is 14.0 Å². The van der Waals surface area contributed by atoms with Crippen molar-refractivity contribution in [2.24, 2.45) is 0 Å². The molecule has 8 heteroatoms. The Morgan fingerprint density at radius 3 is 3.00 bits per heavy atom. The molecule has 2 aliphatic heterocycles. The van der Waals surface area contributed by atoms with Crippen LogP contribution in [0.2, 0.25) is 0 Å². The lowest BCUT2D eigenvalue weighted by Gasteiger charge is -2.31.